The summed E-state index contributed by atoms with van der Waals surface area (Å²) in [6, 6.07) is 5.47. The number of nitrogens with one attached hydrogen (secondary N) is 2. The molecule has 1 heterocycles. The van der Waals surface area contributed by atoms with Crippen LogP contribution in [-0.2, 0) is 19.1 Å². The quantitative estimate of drug-likeness (QED) is 0.627. The Labute approximate surface area is 172 Å². The van der Waals surface area contributed by atoms with Crippen molar-refractivity contribution in [2.75, 3.05) is 25.1 Å². The molecule has 2 aromatic rings. The predicted molar refractivity (Wildman–Crippen MR) is 109 cm³/mol. The van der Waals surface area contributed by atoms with Crippen molar-refractivity contribution in [1.82, 2.24) is 10.3 Å². The van der Waals surface area contributed by atoms with Crippen molar-refractivity contribution >= 4 is 44.7 Å². The smallest absolute Gasteiger partial charge is 0.407 e. The minimum atomic E-state index is -0.619. The number of esters is 1. The second-order valence-electron chi connectivity index (χ2n) is 6.97. The van der Waals surface area contributed by atoms with Gasteiger partial charge in [0.05, 0.1) is 23.2 Å². The average molecular weight is 423 g/mol. The summed E-state index contributed by atoms with van der Waals surface area (Å²) in [5.41, 5.74) is 0.118. The molecule has 0 aliphatic carbocycles. The summed E-state index contributed by atoms with van der Waals surface area (Å²) in [5, 5.41) is 5.45. The second-order valence-corrected chi connectivity index (χ2v) is 8.00. The van der Waals surface area contributed by atoms with Crippen LogP contribution >= 0.6 is 11.3 Å². The molecule has 158 valence electrons. The van der Waals surface area contributed by atoms with Crippen molar-refractivity contribution in [1.29, 1.82) is 0 Å². The third-order valence-corrected chi connectivity index (χ3v) is 4.21. The number of benzene rings is 1. The van der Waals surface area contributed by atoms with E-state index in [1.54, 1.807) is 20.8 Å². The van der Waals surface area contributed by atoms with Crippen LogP contribution in [-0.4, -0.2) is 48.3 Å². The third-order valence-electron chi connectivity index (χ3n) is 3.28. The van der Waals surface area contributed by atoms with Crippen molar-refractivity contribution < 1.29 is 28.6 Å². The summed E-state index contributed by atoms with van der Waals surface area (Å²) in [6.07, 6.45) is -0.695. The van der Waals surface area contributed by atoms with E-state index in [9.17, 15) is 14.4 Å². The van der Waals surface area contributed by atoms with E-state index in [0.29, 0.717) is 11.7 Å². The Bertz CT molecular complexity index is 874. The van der Waals surface area contributed by atoms with Gasteiger partial charge in [-0.3, -0.25) is 14.9 Å². The Morgan fingerprint density at radius 2 is 1.97 bits per heavy atom. The molecule has 0 saturated heterocycles. The van der Waals surface area contributed by atoms with Crippen LogP contribution in [0.4, 0.5) is 9.93 Å². The predicted octanol–water partition coefficient (Wildman–Crippen LogP) is 3.09. The summed E-state index contributed by atoms with van der Waals surface area (Å²) in [4.78, 5) is 39.4. The van der Waals surface area contributed by atoms with Gasteiger partial charge in [0.25, 0.3) is 5.91 Å². The van der Waals surface area contributed by atoms with E-state index in [0.717, 1.165) is 16.0 Å². The van der Waals surface area contributed by atoms with Crippen LogP contribution in [0.1, 0.15) is 34.1 Å². The molecule has 0 unspecified atom stereocenters. The van der Waals surface area contributed by atoms with Crippen LogP contribution < -0.4 is 15.4 Å². The molecule has 0 radical (unpaired) electrons. The van der Waals surface area contributed by atoms with Gasteiger partial charge in [-0.15, -0.1) is 0 Å². The summed E-state index contributed by atoms with van der Waals surface area (Å²) in [7, 11) is 0. The first-order valence-corrected chi connectivity index (χ1v) is 9.93. The number of rotatable bonds is 8. The SMILES string of the molecule is CCOc1ccc2nc(NC(=O)COC(=O)CCNC(=O)OC(C)(C)C)sc2c1. The number of thiazole rings is 1. The molecule has 0 spiro atoms. The van der Waals surface area contributed by atoms with Gasteiger partial charge < -0.3 is 19.5 Å². The summed E-state index contributed by atoms with van der Waals surface area (Å²) < 4.78 is 16.3. The van der Waals surface area contributed by atoms with Crippen LogP contribution in [0.3, 0.4) is 0 Å². The number of anilines is 1. The lowest BCUT2D eigenvalue weighted by molar-refractivity contribution is -0.147. The molecule has 1 aromatic carbocycles. The van der Waals surface area contributed by atoms with E-state index in [-0.39, 0.29) is 13.0 Å². The highest BCUT2D eigenvalue weighted by atomic mass is 32.1. The number of aromatic nitrogens is 1. The largest absolute Gasteiger partial charge is 0.494 e. The Morgan fingerprint density at radius 1 is 1.21 bits per heavy atom. The van der Waals surface area contributed by atoms with Crippen LogP contribution in [0, 0.1) is 0 Å². The van der Waals surface area contributed by atoms with Crippen LogP contribution in [0.2, 0.25) is 0 Å². The molecule has 10 heteroatoms. The molecule has 0 saturated carbocycles. The molecule has 29 heavy (non-hydrogen) atoms. The lowest BCUT2D eigenvalue weighted by Crippen LogP contribution is -2.34. The number of nitrogens with zero attached hydrogens (tertiary/aromatic N) is 1. The number of ether oxygens (including phenoxy) is 3. The van der Waals surface area contributed by atoms with Crippen molar-refractivity contribution in [3.8, 4) is 5.75 Å². The Morgan fingerprint density at radius 3 is 2.66 bits per heavy atom. The summed E-state index contributed by atoms with van der Waals surface area (Å²) >= 11 is 1.30. The highest BCUT2D eigenvalue weighted by molar-refractivity contribution is 7.22. The van der Waals surface area contributed by atoms with E-state index in [1.807, 2.05) is 25.1 Å². The number of hydrogen-bond donors (Lipinski definition) is 2. The fraction of sp³-hybridized carbons (Fsp3) is 0.474. The monoisotopic (exact) mass is 423 g/mol. The van der Waals surface area contributed by atoms with Gasteiger partial charge in [0.15, 0.2) is 11.7 Å². The topological polar surface area (TPSA) is 116 Å². The van der Waals surface area contributed by atoms with E-state index in [1.165, 1.54) is 11.3 Å². The van der Waals surface area contributed by atoms with E-state index >= 15 is 0 Å². The van der Waals surface area contributed by atoms with Gasteiger partial charge in [0.2, 0.25) is 0 Å². The average Bonchev–Trinajstić information content (AvgIpc) is 3.00. The van der Waals surface area contributed by atoms with Gasteiger partial charge in [-0.25, -0.2) is 9.78 Å². The van der Waals surface area contributed by atoms with Crippen LogP contribution in [0.25, 0.3) is 10.2 Å². The lowest BCUT2D eigenvalue weighted by Gasteiger charge is -2.19. The summed E-state index contributed by atoms with van der Waals surface area (Å²) in [5.74, 6) is -0.375. The maximum absolute atomic E-state index is 12.0. The fourth-order valence-electron chi connectivity index (χ4n) is 2.17. The molecular formula is C19H25N3O6S. The minimum absolute atomic E-state index is 0.0510. The number of amides is 2. The van der Waals surface area contributed by atoms with Gasteiger partial charge in [-0.05, 0) is 45.9 Å². The molecule has 0 fully saturated rings. The third kappa shape index (κ3) is 7.94. The van der Waals surface area contributed by atoms with Gasteiger partial charge in [-0.1, -0.05) is 11.3 Å². The maximum atomic E-state index is 12.0. The number of alkyl carbamates (subject to hydrolysis) is 1. The lowest BCUT2D eigenvalue weighted by atomic mass is 10.2. The van der Waals surface area contributed by atoms with Gasteiger partial charge >= 0.3 is 12.1 Å². The number of carbonyl (C=O) groups is 3. The Balaban J connectivity index is 1.73. The van der Waals surface area contributed by atoms with E-state index in [2.05, 4.69) is 15.6 Å². The highest BCUT2D eigenvalue weighted by Crippen LogP contribution is 2.29. The fourth-order valence-corrected chi connectivity index (χ4v) is 3.08. The number of carbonyl (C=O) groups excluding carboxylic acids is 3. The maximum Gasteiger partial charge on any atom is 0.407 e. The van der Waals surface area contributed by atoms with E-state index in [4.69, 9.17) is 14.2 Å². The molecule has 2 rings (SSSR count). The molecule has 0 aliphatic rings. The van der Waals surface area contributed by atoms with Gasteiger partial charge in [-0.2, -0.15) is 0 Å². The van der Waals surface area contributed by atoms with Crippen molar-refractivity contribution in [3.05, 3.63) is 18.2 Å². The Hall–Kier alpha value is -2.88. The normalized spacial score (nSPS) is 11.0. The van der Waals surface area contributed by atoms with Crippen molar-refractivity contribution in [2.24, 2.45) is 0 Å². The molecule has 9 nitrogen and oxygen atoms in total. The first-order valence-electron chi connectivity index (χ1n) is 9.12. The van der Waals surface area contributed by atoms with Crippen LogP contribution in [0.15, 0.2) is 18.2 Å². The molecule has 0 atom stereocenters. The van der Waals surface area contributed by atoms with Gasteiger partial charge in [0, 0.05) is 6.54 Å². The first kappa shape index (κ1) is 22.4. The van der Waals surface area contributed by atoms with Crippen molar-refractivity contribution in [2.45, 2.75) is 39.7 Å². The Kier molecular flexibility index (Phi) is 7.77. The summed E-state index contributed by atoms with van der Waals surface area (Å²) in [6.45, 7) is 7.29. The second kappa shape index (κ2) is 10.1. The molecule has 2 N–H and O–H groups in total. The minimum Gasteiger partial charge on any atom is -0.494 e. The van der Waals surface area contributed by atoms with Crippen molar-refractivity contribution in [3.63, 3.8) is 0 Å². The molecule has 1 aromatic heterocycles. The zero-order valence-electron chi connectivity index (χ0n) is 16.9. The molecule has 2 amide bonds. The van der Waals surface area contributed by atoms with Crippen LogP contribution in [0.5, 0.6) is 5.75 Å². The zero-order valence-corrected chi connectivity index (χ0v) is 17.7. The zero-order chi connectivity index (χ0) is 21.4. The highest BCUT2D eigenvalue weighted by Gasteiger charge is 2.16. The standard InChI is InChI=1S/C19H25N3O6S/c1-5-26-12-6-7-13-14(10-12)29-17(21-13)22-15(23)11-27-16(24)8-9-20-18(25)28-19(2,3)4/h6-7,10H,5,8-9,11H2,1-4H3,(H,20,25)(H,21,22,23). The molecule has 0 bridgehead atoms. The molecule has 0 aliphatic heterocycles. The van der Waals surface area contributed by atoms with E-state index < -0.39 is 30.2 Å². The first-order chi connectivity index (χ1) is 13.7. The number of hydrogen-bond acceptors (Lipinski definition) is 8. The number of fused-ring (bicyclic) bond motifs is 1. The molecular weight excluding hydrogens is 398 g/mol. The van der Waals surface area contributed by atoms with Gasteiger partial charge in [0.1, 0.15) is 11.4 Å².